The van der Waals surface area contributed by atoms with E-state index in [-0.39, 0.29) is 11.4 Å². The number of nitrogens with zero attached hydrogens (tertiary/aromatic N) is 2. The summed E-state index contributed by atoms with van der Waals surface area (Å²) < 4.78 is 0. The Balaban J connectivity index is 1.82. The molecule has 0 aliphatic carbocycles. The van der Waals surface area contributed by atoms with Gasteiger partial charge in [-0.15, -0.1) is 0 Å². The molecule has 0 radical (unpaired) electrons. The summed E-state index contributed by atoms with van der Waals surface area (Å²) >= 11 is 0. The van der Waals surface area contributed by atoms with Gasteiger partial charge in [-0.3, -0.25) is 15.0 Å². The first-order valence-corrected chi connectivity index (χ1v) is 9.11. The maximum absolute atomic E-state index is 13.1. The van der Waals surface area contributed by atoms with E-state index in [4.69, 9.17) is 0 Å². The number of hydrogen-bond acceptors (Lipinski definition) is 5. The van der Waals surface area contributed by atoms with E-state index >= 15 is 0 Å². The number of fused-ring (bicyclic) bond motifs is 1. The van der Waals surface area contributed by atoms with E-state index < -0.39 is 11.3 Å². The monoisotopic (exact) mass is 382 g/mol. The van der Waals surface area contributed by atoms with Gasteiger partial charge in [-0.2, -0.15) is 5.10 Å². The minimum absolute atomic E-state index is 0.0304. The summed E-state index contributed by atoms with van der Waals surface area (Å²) in [6.07, 6.45) is 0. The SMILES string of the molecule is Cc1ccc(N/N=C(\C(=O)c2ccccc2)c2nc3ccccc3[nH]c2=O)cc1. The Labute approximate surface area is 166 Å². The average Bonchev–Trinajstić information content (AvgIpc) is 2.76. The Kier molecular flexibility index (Phi) is 4.99. The maximum Gasteiger partial charge on any atom is 0.276 e. The van der Waals surface area contributed by atoms with Crippen molar-refractivity contribution in [2.45, 2.75) is 6.92 Å². The fraction of sp³-hybridized carbons (Fsp3) is 0.0435. The first-order chi connectivity index (χ1) is 14.1. The van der Waals surface area contributed by atoms with E-state index in [1.807, 2.05) is 49.4 Å². The number of anilines is 1. The van der Waals surface area contributed by atoms with Crippen LogP contribution in [-0.4, -0.2) is 21.5 Å². The molecule has 0 atom stereocenters. The molecule has 0 spiro atoms. The Bertz CT molecular complexity index is 1260. The minimum atomic E-state index is -0.475. The summed E-state index contributed by atoms with van der Waals surface area (Å²) in [5, 5.41) is 4.27. The molecule has 0 unspecified atom stereocenters. The molecule has 0 amide bonds. The van der Waals surface area contributed by atoms with Gasteiger partial charge in [-0.05, 0) is 31.2 Å². The topological polar surface area (TPSA) is 87.2 Å². The molecule has 0 bridgehead atoms. The van der Waals surface area contributed by atoms with E-state index in [0.29, 0.717) is 22.3 Å². The summed E-state index contributed by atoms with van der Waals surface area (Å²) in [6, 6.07) is 23.4. The molecule has 4 aromatic rings. The van der Waals surface area contributed by atoms with Gasteiger partial charge in [0.15, 0.2) is 11.4 Å². The zero-order valence-electron chi connectivity index (χ0n) is 15.7. The van der Waals surface area contributed by atoms with Gasteiger partial charge in [0.2, 0.25) is 5.78 Å². The predicted octanol–water partition coefficient (Wildman–Crippen LogP) is 3.93. The quantitative estimate of drug-likeness (QED) is 0.311. The lowest BCUT2D eigenvalue weighted by atomic mass is 10.0. The van der Waals surface area contributed by atoms with Gasteiger partial charge in [0, 0.05) is 5.56 Å². The summed E-state index contributed by atoms with van der Waals surface area (Å²) in [7, 11) is 0. The van der Waals surface area contributed by atoms with Crippen LogP contribution >= 0.6 is 0 Å². The number of nitrogens with one attached hydrogen (secondary N) is 2. The molecule has 6 heteroatoms. The van der Waals surface area contributed by atoms with Crippen LogP contribution in [0, 0.1) is 6.92 Å². The first kappa shape index (κ1) is 18.3. The van der Waals surface area contributed by atoms with Crippen molar-refractivity contribution in [1.29, 1.82) is 0 Å². The lowest BCUT2D eigenvalue weighted by Crippen LogP contribution is -2.27. The molecule has 0 saturated heterocycles. The molecular formula is C23H18N4O2. The van der Waals surface area contributed by atoms with Crippen molar-refractivity contribution < 1.29 is 4.79 Å². The number of aromatic amines is 1. The van der Waals surface area contributed by atoms with Crippen LogP contribution in [0.25, 0.3) is 11.0 Å². The Morgan fingerprint density at radius 2 is 1.62 bits per heavy atom. The second-order valence-corrected chi connectivity index (χ2v) is 6.57. The van der Waals surface area contributed by atoms with Gasteiger partial charge in [-0.1, -0.05) is 60.2 Å². The lowest BCUT2D eigenvalue weighted by Gasteiger charge is -2.08. The molecular weight excluding hydrogens is 364 g/mol. The summed E-state index contributed by atoms with van der Waals surface area (Å²) in [4.78, 5) is 33.0. The van der Waals surface area contributed by atoms with E-state index in [2.05, 4.69) is 20.5 Å². The molecule has 1 heterocycles. The van der Waals surface area contributed by atoms with Crippen molar-refractivity contribution in [2.24, 2.45) is 5.10 Å². The molecule has 29 heavy (non-hydrogen) atoms. The number of benzene rings is 3. The Morgan fingerprint density at radius 3 is 2.38 bits per heavy atom. The molecule has 142 valence electrons. The number of carbonyl (C=O) groups is 1. The maximum atomic E-state index is 13.1. The molecule has 1 aromatic heterocycles. The van der Waals surface area contributed by atoms with Crippen molar-refractivity contribution in [3.8, 4) is 0 Å². The number of rotatable bonds is 5. The highest BCUT2D eigenvalue weighted by Crippen LogP contribution is 2.12. The highest BCUT2D eigenvalue weighted by atomic mass is 16.1. The van der Waals surface area contributed by atoms with Crippen LogP contribution in [0.1, 0.15) is 21.6 Å². The number of aryl methyl sites for hydroxylation is 1. The molecule has 0 aliphatic heterocycles. The molecule has 2 N–H and O–H groups in total. The zero-order chi connectivity index (χ0) is 20.2. The van der Waals surface area contributed by atoms with Gasteiger partial charge in [-0.25, -0.2) is 4.98 Å². The number of carbonyl (C=O) groups excluding carboxylic acids is 1. The third-order valence-electron chi connectivity index (χ3n) is 4.42. The molecule has 3 aromatic carbocycles. The summed E-state index contributed by atoms with van der Waals surface area (Å²) in [6.45, 7) is 1.98. The second-order valence-electron chi connectivity index (χ2n) is 6.57. The largest absolute Gasteiger partial charge is 0.319 e. The van der Waals surface area contributed by atoms with Crippen LogP contribution in [-0.2, 0) is 0 Å². The number of Topliss-reactive ketones (excluding diaryl/α,β-unsaturated/α-hetero) is 1. The van der Waals surface area contributed by atoms with Crippen molar-refractivity contribution in [3.63, 3.8) is 0 Å². The highest BCUT2D eigenvalue weighted by Gasteiger charge is 2.21. The summed E-state index contributed by atoms with van der Waals surface area (Å²) in [5.74, 6) is -0.390. The van der Waals surface area contributed by atoms with Gasteiger partial charge >= 0.3 is 0 Å². The fourth-order valence-corrected chi connectivity index (χ4v) is 2.88. The van der Waals surface area contributed by atoms with E-state index in [1.54, 1.807) is 36.4 Å². The van der Waals surface area contributed by atoms with Crippen molar-refractivity contribution in [2.75, 3.05) is 5.43 Å². The normalized spacial score (nSPS) is 11.4. The van der Waals surface area contributed by atoms with Crippen molar-refractivity contribution >= 4 is 28.2 Å². The Hall–Kier alpha value is -4.06. The van der Waals surface area contributed by atoms with E-state index in [9.17, 15) is 9.59 Å². The lowest BCUT2D eigenvalue weighted by molar-refractivity contribution is 0.106. The van der Waals surface area contributed by atoms with Crippen LogP contribution in [0.15, 0.2) is 88.8 Å². The van der Waals surface area contributed by atoms with Crippen LogP contribution in [0.2, 0.25) is 0 Å². The highest BCUT2D eigenvalue weighted by molar-refractivity contribution is 6.51. The van der Waals surface area contributed by atoms with Crippen molar-refractivity contribution in [1.82, 2.24) is 9.97 Å². The van der Waals surface area contributed by atoms with E-state index in [0.717, 1.165) is 5.56 Å². The minimum Gasteiger partial charge on any atom is -0.319 e. The van der Waals surface area contributed by atoms with Gasteiger partial charge < -0.3 is 4.98 Å². The predicted molar refractivity (Wildman–Crippen MR) is 114 cm³/mol. The van der Waals surface area contributed by atoms with Crippen LogP contribution in [0.5, 0.6) is 0 Å². The van der Waals surface area contributed by atoms with Gasteiger partial charge in [0.05, 0.1) is 16.7 Å². The number of hydrazone groups is 1. The smallest absolute Gasteiger partial charge is 0.276 e. The molecule has 0 saturated carbocycles. The third kappa shape index (κ3) is 3.96. The van der Waals surface area contributed by atoms with Crippen LogP contribution < -0.4 is 11.0 Å². The molecule has 0 aliphatic rings. The standard InChI is InChI=1S/C23H18N4O2/c1-15-11-13-17(14-12-15)26-27-20(22(28)16-7-3-2-4-8-16)21-23(29)25-19-10-6-5-9-18(19)24-21/h2-14,26H,1H3,(H,25,29)/b27-20-. The van der Waals surface area contributed by atoms with Gasteiger partial charge in [0.1, 0.15) is 0 Å². The molecule has 4 rings (SSSR count). The second kappa shape index (κ2) is 7.90. The Morgan fingerprint density at radius 1 is 0.931 bits per heavy atom. The zero-order valence-corrected chi connectivity index (χ0v) is 15.7. The average molecular weight is 382 g/mol. The third-order valence-corrected chi connectivity index (χ3v) is 4.42. The first-order valence-electron chi connectivity index (χ1n) is 9.11. The fourth-order valence-electron chi connectivity index (χ4n) is 2.88. The van der Waals surface area contributed by atoms with E-state index in [1.165, 1.54) is 0 Å². The number of H-pyrrole nitrogens is 1. The van der Waals surface area contributed by atoms with Crippen LogP contribution in [0.4, 0.5) is 5.69 Å². The molecule has 0 fully saturated rings. The van der Waals surface area contributed by atoms with Crippen molar-refractivity contribution in [3.05, 3.63) is 106 Å². The number of para-hydroxylation sites is 2. The number of aromatic nitrogens is 2. The number of hydrogen-bond donors (Lipinski definition) is 2. The van der Waals surface area contributed by atoms with Gasteiger partial charge in [0.25, 0.3) is 5.56 Å². The number of ketones is 1. The van der Waals surface area contributed by atoms with Crippen LogP contribution in [0.3, 0.4) is 0 Å². The summed E-state index contributed by atoms with van der Waals surface area (Å²) in [5.41, 5.74) is 5.71. The molecule has 6 nitrogen and oxygen atoms in total.